The molecule has 0 aromatic heterocycles. The van der Waals surface area contributed by atoms with Crippen LogP contribution in [0.15, 0.2) is 11.6 Å². The second-order valence-corrected chi connectivity index (χ2v) is 6.13. The third-order valence-corrected chi connectivity index (χ3v) is 4.17. The van der Waals surface area contributed by atoms with Gasteiger partial charge in [0.05, 0.1) is 0 Å². The number of rotatable bonds is 3. The van der Waals surface area contributed by atoms with Gasteiger partial charge in [0, 0.05) is 31.2 Å². The van der Waals surface area contributed by atoms with Gasteiger partial charge in [-0.05, 0) is 46.5 Å². The minimum atomic E-state index is 0.377. The van der Waals surface area contributed by atoms with Crippen LogP contribution in [0.3, 0.4) is 0 Å². The van der Waals surface area contributed by atoms with Crippen LogP contribution in [-0.2, 0) is 0 Å². The lowest BCUT2D eigenvalue weighted by molar-refractivity contribution is 0.0940. The molecule has 2 heteroatoms. The maximum atomic E-state index is 3.76. The molecule has 1 aliphatic heterocycles. The summed E-state index contributed by atoms with van der Waals surface area (Å²) in [6.07, 6.45) is 5.21. The van der Waals surface area contributed by atoms with Gasteiger partial charge in [0.15, 0.2) is 0 Å². The molecule has 1 heterocycles. The Bertz CT molecular complexity index is 276. The minimum Gasteiger partial charge on any atom is -0.308 e. The quantitative estimate of drug-likeness (QED) is 0.738. The summed E-state index contributed by atoms with van der Waals surface area (Å²) in [5.74, 6) is 0.925. The van der Waals surface area contributed by atoms with Crippen molar-refractivity contribution in [1.29, 1.82) is 0 Å². The molecule has 2 aliphatic rings. The zero-order chi connectivity index (χ0) is 11.8. The maximum absolute atomic E-state index is 3.76. The van der Waals surface area contributed by atoms with E-state index in [4.69, 9.17) is 0 Å². The van der Waals surface area contributed by atoms with Crippen LogP contribution >= 0.6 is 0 Å². The predicted molar refractivity (Wildman–Crippen MR) is 69.6 cm³/mol. The molecule has 16 heavy (non-hydrogen) atoms. The van der Waals surface area contributed by atoms with Crippen LogP contribution < -0.4 is 5.32 Å². The average molecular weight is 222 g/mol. The molecule has 2 rings (SSSR count). The average Bonchev–Trinajstić information content (AvgIpc) is 3.03. The van der Waals surface area contributed by atoms with Gasteiger partial charge in [-0.1, -0.05) is 11.6 Å². The first-order valence-electron chi connectivity index (χ1n) is 6.64. The number of hydrogen-bond donors (Lipinski definition) is 1. The molecule has 1 saturated heterocycles. The smallest absolute Gasteiger partial charge is 0.0309 e. The summed E-state index contributed by atoms with van der Waals surface area (Å²) in [5.41, 5.74) is 1.81. The minimum absolute atomic E-state index is 0.377. The fourth-order valence-corrected chi connectivity index (χ4v) is 2.68. The Labute approximate surface area is 100 Å². The van der Waals surface area contributed by atoms with Crippen LogP contribution in [0, 0.1) is 5.92 Å². The van der Waals surface area contributed by atoms with Crippen LogP contribution in [0.1, 0.15) is 40.5 Å². The molecule has 1 saturated carbocycles. The molecule has 2 nitrogen and oxygen atoms in total. The number of nitrogens with zero attached hydrogens (tertiary/aromatic N) is 1. The van der Waals surface area contributed by atoms with Crippen molar-refractivity contribution in [1.82, 2.24) is 10.2 Å². The van der Waals surface area contributed by atoms with Gasteiger partial charge in [0.25, 0.3) is 0 Å². The van der Waals surface area contributed by atoms with E-state index in [1.165, 1.54) is 25.0 Å². The van der Waals surface area contributed by atoms with Crippen LogP contribution in [0.2, 0.25) is 0 Å². The molecule has 0 amide bonds. The third-order valence-electron chi connectivity index (χ3n) is 4.17. The lowest BCUT2D eigenvalue weighted by atomic mass is 9.91. The monoisotopic (exact) mass is 222 g/mol. The van der Waals surface area contributed by atoms with Crippen molar-refractivity contribution < 1.29 is 0 Å². The molecule has 0 bridgehead atoms. The molecule has 92 valence electrons. The molecule has 1 N–H and O–H groups in total. The van der Waals surface area contributed by atoms with Gasteiger partial charge >= 0.3 is 0 Å². The van der Waals surface area contributed by atoms with Crippen molar-refractivity contribution in [2.24, 2.45) is 5.92 Å². The van der Waals surface area contributed by atoms with Crippen molar-refractivity contribution in [3.05, 3.63) is 11.6 Å². The Balaban J connectivity index is 1.97. The van der Waals surface area contributed by atoms with Crippen LogP contribution in [0.4, 0.5) is 0 Å². The molecule has 0 aromatic rings. The highest BCUT2D eigenvalue weighted by molar-refractivity contribution is 5.05. The molecule has 0 spiro atoms. The molecular formula is C14H26N2. The summed E-state index contributed by atoms with van der Waals surface area (Å²) >= 11 is 0. The van der Waals surface area contributed by atoms with E-state index in [0.717, 1.165) is 19.0 Å². The first-order valence-corrected chi connectivity index (χ1v) is 6.64. The molecule has 2 fully saturated rings. The second-order valence-electron chi connectivity index (χ2n) is 6.13. The van der Waals surface area contributed by atoms with E-state index < -0.39 is 0 Å². The molecule has 1 aliphatic carbocycles. The number of allylic oxidation sites excluding steroid dienone is 1. The van der Waals surface area contributed by atoms with Gasteiger partial charge in [-0.3, -0.25) is 4.90 Å². The van der Waals surface area contributed by atoms with E-state index in [0.29, 0.717) is 11.6 Å². The summed E-state index contributed by atoms with van der Waals surface area (Å²) in [5, 5.41) is 3.76. The first-order chi connectivity index (χ1) is 7.51. The van der Waals surface area contributed by atoms with E-state index in [-0.39, 0.29) is 0 Å². The van der Waals surface area contributed by atoms with Crippen LogP contribution in [0.5, 0.6) is 0 Å². The lowest BCUT2D eigenvalue weighted by Gasteiger charge is -2.45. The standard InChI is InChI=1S/C14H26N2/c1-11(2)7-8-16-10-14(4,13-5-6-13)15-9-12(16)3/h7,12-13,15H,5-6,8-10H2,1-4H3. The fraction of sp³-hybridized carbons (Fsp3) is 0.857. The SMILES string of the molecule is CC(C)=CCN1CC(C)(C2CC2)NCC1C. The Morgan fingerprint density at radius 2 is 2.12 bits per heavy atom. The zero-order valence-corrected chi connectivity index (χ0v) is 11.2. The van der Waals surface area contributed by atoms with Gasteiger partial charge in [0.2, 0.25) is 0 Å². The number of piperazine rings is 1. The summed E-state index contributed by atoms with van der Waals surface area (Å²) in [4.78, 5) is 2.63. The lowest BCUT2D eigenvalue weighted by Crippen LogP contribution is -2.63. The van der Waals surface area contributed by atoms with E-state index in [1.54, 1.807) is 0 Å². The van der Waals surface area contributed by atoms with E-state index in [2.05, 4.69) is 44.0 Å². The Kier molecular flexibility index (Phi) is 3.41. The van der Waals surface area contributed by atoms with Gasteiger partial charge < -0.3 is 5.32 Å². The van der Waals surface area contributed by atoms with Crippen molar-refractivity contribution in [2.75, 3.05) is 19.6 Å². The van der Waals surface area contributed by atoms with Gasteiger partial charge in [-0.25, -0.2) is 0 Å². The van der Waals surface area contributed by atoms with Gasteiger partial charge in [-0.2, -0.15) is 0 Å². The van der Waals surface area contributed by atoms with Crippen molar-refractivity contribution in [2.45, 2.75) is 52.1 Å². The largest absolute Gasteiger partial charge is 0.308 e. The Morgan fingerprint density at radius 3 is 2.69 bits per heavy atom. The maximum Gasteiger partial charge on any atom is 0.0309 e. The van der Waals surface area contributed by atoms with E-state index in [1.807, 2.05) is 0 Å². The fourth-order valence-electron chi connectivity index (χ4n) is 2.68. The van der Waals surface area contributed by atoms with Crippen LogP contribution in [-0.4, -0.2) is 36.1 Å². The normalized spacial score (nSPS) is 36.1. The molecule has 0 radical (unpaired) electrons. The highest BCUT2D eigenvalue weighted by Crippen LogP contribution is 2.41. The van der Waals surface area contributed by atoms with Gasteiger partial charge in [0.1, 0.15) is 0 Å². The molecule has 2 unspecified atom stereocenters. The highest BCUT2D eigenvalue weighted by Gasteiger charge is 2.44. The highest BCUT2D eigenvalue weighted by atomic mass is 15.2. The third kappa shape index (κ3) is 2.67. The van der Waals surface area contributed by atoms with E-state index in [9.17, 15) is 0 Å². The zero-order valence-electron chi connectivity index (χ0n) is 11.2. The van der Waals surface area contributed by atoms with Gasteiger partial charge in [-0.15, -0.1) is 0 Å². The Hall–Kier alpha value is -0.340. The summed E-state index contributed by atoms with van der Waals surface area (Å²) in [7, 11) is 0. The molecular weight excluding hydrogens is 196 g/mol. The topological polar surface area (TPSA) is 15.3 Å². The molecule has 0 aromatic carbocycles. The molecule has 2 atom stereocenters. The summed E-state index contributed by atoms with van der Waals surface area (Å²) in [6.45, 7) is 12.6. The van der Waals surface area contributed by atoms with Crippen molar-refractivity contribution >= 4 is 0 Å². The summed E-state index contributed by atoms with van der Waals surface area (Å²) in [6, 6.07) is 0.669. The van der Waals surface area contributed by atoms with Crippen LogP contribution in [0.25, 0.3) is 0 Å². The van der Waals surface area contributed by atoms with E-state index >= 15 is 0 Å². The predicted octanol–water partition coefficient (Wildman–Crippen LogP) is 2.42. The number of hydrogen-bond acceptors (Lipinski definition) is 2. The van der Waals surface area contributed by atoms with Crippen molar-refractivity contribution in [3.8, 4) is 0 Å². The summed E-state index contributed by atoms with van der Waals surface area (Å²) < 4.78 is 0. The first kappa shape index (κ1) is 12.1. The number of nitrogens with one attached hydrogen (secondary N) is 1. The Morgan fingerprint density at radius 1 is 1.44 bits per heavy atom. The second kappa shape index (κ2) is 4.50. The van der Waals surface area contributed by atoms with Crippen molar-refractivity contribution in [3.63, 3.8) is 0 Å².